The molecule has 0 bridgehead atoms. The van der Waals surface area contributed by atoms with Crippen molar-refractivity contribution in [2.75, 3.05) is 27.7 Å². The van der Waals surface area contributed by atoms with Crippen molar-refractivity contribution in [3.63, 3.8) is 0 Å². The first-order chi connectivity index (χ1) is 15.6. The van der Waals surface area contributed by atoms with E-state index in [2.05, 4.69) is 27.0 Å². The van der Waals surface area contributed by atoms with E-state index in [4.69, 9.17) is 9.47 Å². The van der Waals surface area contributed by atoms with Crippen molar-refractivity contribution in [3.8, 4) is 11.5 Å². The van der Waals surface area contributed by atoms with Crippen LogP contribution in [0.3, 0.4) is 0 Å². The molecule has 7 heteroatoms. The van der Waals surface area contributed by atoms with Crippen LogP contribution in [-0.2, 0) is 13.0 Å². The van der Waals surface area contributed by atoms with E-state index in [1.54, 1.807) is 21.2 Å². The van der Waals surface area contributed by atoms with Crippen molar-refractivity contribution in [2.45, 2.75) is 44.8 Å². The Hall–Kier alpha value is -3.22. The zero-order valence-corrected chi connectivity index (χ0v) is 19.2. The number of carbonyl (C=O) groups is 1. The highest BCUT2D eigenvalue weighted by Gasteiger charge is 2.20. The number of para-hydroxylation sites is 1. The van der Waals surface area contributed by atoms with Crippen LogP contribution in [0, 0.1) is 0 Å². The van der Waals surface area contributed by atoms with Crippen molar-refractivity contribution in [1.82, 2.24) is 16.0 Å². The van der Waals surface area contributed by atoms with Crippen LogP contribution in [0.2, 0.25) is 0 Å². The molecule has 0 aromatic heterocycles. The summed E-state index contributed by atoms with van der Waals surface area (Å²) in [6.45, 7) is 1.27. The molecule has 0 atom stereocenters. The number of aliphatic imine (C=N–C) groups is 1. The van der Waals surface area contributed by atoms with E-state index in [0.717, 1.165) is 41.9 Å². The van der Waals surface area contributed by atoms with E-state index in [0.29, 0.717) is 24.6 Å². The second-order valence-electron chi connectivity index (χ2n) is 7.85. The summed E-state index contributed by atoms with van der Waals surface area (Å²) in [5, 5.41) is 9.36. The average Bonchev–Trinajstić information content (AvgIpc) is 3.34. The molecule has 1 aliphatic carbocycles. The van der Waals surface area contributed by atoms with Gasteiger partial charge in [-0.3, -0.25) is 9.79 Å². The third kappa shape index (κ3) is 6.39. The minimum atomic E-state index is -0.0776. The molecule has 32 heavy (non-hydrogen) atoms. The molecule has 1 fully saturated rings. The Morgan fingerprint density at radius 2 is 1.91 bits per heavy atom. The lowest BCUT2D eigenvalue weighted by molar-refractivity contribution is 0.0963. The second kappa shape index (κ2) is 12.0. The normalized spacial score (nSPS) is 14.2. The van der Waals surface area contributed by atoms with E-state index in [9.17, 15) is 4.79 Å². The van der Waals surface area contributed by atoms with Gasteiger partial charge in [0.25, 0.3) is 5.91 Å². The minimum absolute atomic E-state index is 0.0776. The number of methoxy groups -OCH3 is 1. The largest absolute Gasteiger partial charge is 0.493 e. The Morgan fingerprint density at radius 1 is 1.12 bits per heavy atom. The van der Waals surface area contributed by atoms with Gasteiger partial charge in [-0.15, -0.1) is 0 Å². The second-order valence-corrected chi connectivity index (χ2v) is 7.85. The van der Waals surface area contributed by atoms with Crippen LogP contribution >= 0.6 is 0 Å². The van der Waals surface area contributed by atoms with Gasteiger partial charge in [0.2, 0.25) is 0 Å². The summed E-state index contributed by atoms with van der Waals surface area (Å²) in [6, 6.07) is 13.6. The lowest BCUT2D eigenvalue weighted by Gasteiger charge is -2.20. The van der Waals surface area contributed by atoms with Crippen molar-refractivity contribution >= 4 is 11.9 Å². The Balaban J connectivity index is 1.56. The van der Waals surface area contributed by atoms with Crippen LogP contribution in [0.5, 0.6) is 11.5 Å². The predicted molar refractivity (Wildman–Crippen MR) is 128 cm³/mol. The summed E-state index contributed by atoms with van der Waals surface area (Å²) in [6.07, 6.45) is 5.66. The lowest BCUT2D eigenvalue weighted by Crippen LogP contribution is -2.38. The molecule has 0 radical (unpaired) electrons. The minimum Gasteiger partial charge on any atom is -0.493 e. The predicted octanol–water partition coefficient (Wildman–Crippen LogP) is 3.28. The number of guanidine groups is 1. The molecule has 1 aliphatic rings. The Kier molecular flexibility index (Phi) is 8.78. The fourth-order valence-corrected chi connectivity index (χ4v) is 3.91. The molecule has 0 unspecified atom stereocenters. The topological polar surface area (TPSA) is 84.0 Å². The standard InChI is InChI=1S/C25H34N4O3/c1-26-24(30)19-9-6-8-18(16-19)14-15-28-25(27-2)29-17-20-10-7-13-22(31-3)23(20)32-21-11-4-5-12-21/h6-10,13,16,21H,4-5,11-12,14-15,17H2,1-3H3,(H,26,30)(H2,27,28,29). The molecule has 2 aromatic carbocycles. The third-order valence-corrected chi connectivity index (χ3v) is 5.66. The molecule has 2 aromatic rings. The van der Waals surface area contributed by atoms with Gasteiger partial charge in [0.15, 0.2) is 17.5 Å². The summed E-state index contributed by atoms with van der Waals surface area (Å²) >= 11 is 0. The molecule has 0 aliphatic heterocycles. The molecule has 0 spiro atoms. The average molecular weight is 439 g/mol. The fraction of sp³-hybridized carbons (Fsp3) is 0.440. The summed E-state index contributed by atoms with van der Waals surface area (Å²) in [7, 11) is 5.06. The van der Waals surface area contributed by atoms with Crippen LogP contribution in [0.25, 0.3) is 0 Å². The highest BCUT2D eigenvalue weighted by Crippen LogP contribution is 2.34. The number of benzene rings is 2. The van der Waals surface area contributed by atoms with E-state index in [1.807, 2.05) is 36.4 Å². The van der Waals surface area contributed by atoms with Crippen LogP contribution in [0.15, 0.2) is 47.5 Å². The molecule has 0 heterocycles. The lowest BCUT2D eigenvalue weighted by atomic mass is 10.1. The van der Waals surface area contributed by atoms with Gasteiger partial charge in [-0.2, -0.15) is 0 Å². The smallest absolute Gasteiger partial charge is 0.251 e. The van der Waals surface area contributed by atoms with Gasteiger partial charge in [0.1, 0.15) is 0 Å². The van der Waals surface area contributed by atoms with Gasteiger partial charge in [-0.1, -0.05) is 24.3 Å². The van der Waals surface area contributed by atoms with Crippen LogP contribution in [0.1, 0.15) is 47.2 Å². The van der Waals surface area contributed by atoms with Gasteiger partial charge in [-0.05, 0) is 55.9 Å². The molecule has 1 saturated carbocycles. The Morgan fingerprint density at radius 3 is 2.62 bits per heavy atom. The van der Waals surface area contributed by atoms with E-state index in [-0.39, 0.29) is 12.0 Å². The monoisotopic (exact) mass is 438 g/mol. The maximum absolute atomic E-state index is 11.8. The van der Waals surface area contributed by atoms with E-state index >= 15 is 0 Å². The van der Waals surface area contributed by atoms with Gasteiger partial charge in [-0.25, -0.2) is 0 Å². The first-order valence-corrected chi connectivity index (χ1v) is 11.2. The Labute approximate surface area is 190 Å². The zero-order chi connectivity index (χ0) is 22.8. The number of carbonyl (C=O) groups excluding carboxylic acids is 1. The third-order valence-electron chi connectivity index (χ3n) is 5.66. The summed E-state index contributed by atoms with van der Waals surface area (Å²) in [4.78, 5) is 16.1. The van der Waals surface area contributed by atoms with Gasteiger partial charge >= 0.3 is 0 Å². The number of hydrogen-bond acceptors (Lipinski definition) is 4. The van der Waals surface area contributed by atoms with Crippen molar-refractivity contribution in [3.05, 3.63) is 59.2 Å². The van der Waals surface area contributed by atoms with Gasteiger partial charge in [0, 0.05) is 38.3 Å². The SMILES string of the molecule is CN=C(NCCc1cccc(C(=O)NC)c1)NCc1cccc(OC)c1OC1CCCC1. The zero-order valence-electron chi connectivity index (χ0n) is 19.2. The molecule has 172 valence electrons. The molecular weight excluding hydrogens is 404 g/mol. The maximum Gasteiger partial charge on any atom is 0.251 e. The quantitative estimate of drug-likeness (QED) is 0.413. The van der Waals surface area contributed by atoms with Crippen molar-refractivity contribution in [1.29, 1.82) is 0 Å². The summed E-state index contributed by atoms with van der Waals surface area (Å²) in [5.41, 5.74) is 2.80. The number of rotatable bonds is 9. The summed E-state index contributed by atoms with van der Waals surface area (Å²) < 4.78 is 11.9. The first kappa shape index (κ1) is 23.4. The van der Waals surface area contributed by atoms with Gasteiger partial charge < -0.3 is 25.4 Å². The highest BCUT2D eigenvalue weighted by atomic mass is 16.5. The number of ether oxygens (including phenoxy) is 2. The van der Waals surface area contributed by atoms with Crippen LogP contribution < -0.4 is 25.4 Å². The number of amides is 1. The highest BCUT2D eigenvalue weighted by molar-refractivity contribution is 5.94. The molecule has 7 nitrogen and oxygen atoms in total. The molecule has 3 N–H and O–H groups in total. The number of hydrogen-bond donors (Lipinski definition) is 3. The van der Waals surface area contributed by atoms with E-state index in [1.165, 1.54) is 12.8 Å². The maximum atomic E-state index is 11.8. The molecule has 1 amide bonds. The first-order valence-electron chi connectivity index (χ1n) is 11.2. The Bertz CT molecular complexity index is 923. The number of nitrogens with zero attached hydrogens (tertiary/aromatic N) is 1. The fourth-order valence-electron chi connectivity index (χ4n) is 3.91. The van der Waals surface area contributed by atoms with Crippen LogP contribution in [0.4, 0.5) is 0 Å². The molecule has 3 rings (SSSR count). The van der Waals surface area contributed by atoms with Gasteiger partial charge in [0.05, 0.1) is 13.2 Å². The van der Waals surface area contributed by atoms with Crippen molar-refractivity contribution in [2.24, 2.45) is 4.99 Å². The van der Waals surface area contributed by atoms with E-state index < -0.39 is 0 Å². The molecule has 0 saturated heterocycles. The summed E-state index contributed by atoms with van der Waals surface area (Å²) in [5.74, 6) is 2.21. The number of nitrogens with one attached hydrogen (secondary N) is 3. The van der Waals surface area contributed by atoms with Crippen molar-refractivity contribution < 1.29 is 14.3 Å². The van der Waals surface area contributed by atoms with Crippen LogP contribution in [-0.4, -0.2) is 45.7 Å². The molecular formula is C25H34N4O3.